The van der Waals surface area contributed by atoms with Gasteiger partial charge in [-0.25, -0.2) is 4.79 Å². The number of hydrogen-bond donors (Lipinski definition) is 0. The number of ketones is 1. The molecule has 0 amide bonds. The quantitative estimate of drug-likeness (QED) is 0.540. The lowest BCUT2D eigenvalue weighted by molar-refractivity contribution is 0.0525. The van der Waals surface area contributed by atoms with E-state index >= 15 is 0 Å². The first kappa shape index (κ1) is 15.4. The first-order valence-corrected chi connectivity index (χ1v) is 8.13. The van der Waals surface area contributed by atoms with E-state index in [4.69, 9.17) is 4.74 Å². The Bertz CT molecular complexity index is 894. The highest BCUT2D eigenvalue weighted by Crippen LogP contribution is 2.29. The number of hydrogen-bond acceptors (Lipinski definition) is 5. The standard InChI is InChI=1S/C17H16N2O3S/c1-4-22-17(21)14-6-13-5-12(15-7-18-9-23-15)8-19(13)16(10(14)2)11(3)20/h5-9H,4H2,1-3H3. The van der Waals surface area contributed by atoms with Gasteiger partial charge in [-0.05, 0) is 31.5 Å². The molecule has 23 heavy (non-hydrogen) atoms. The van der Waals surface area contributed by atoms with Crippen molar-refractivity contribution in [1.29, 1.82) is 0 Å². The number of pyridine rings is 1. The van der Waals surface area contributed by atoms with Gasteiger partial charge in [0.25, 0.3) is 0 Å². The smallest absolute Gasteiger partial charge is 0.338 e. The fourth-order valence-corrected chi connectivity index (χ4v) is 3.30. The number of rotatable bonds is 4. The average Bonchev–Trinajstić information content (AvgIpc) is 3.14. The maximum absolute atomic E-state index is 12.2. The first-order valence-electron chi connectivity index (χ1n) is 7.25. The maximum atomic E-state index is 12.2. The van der Waals surface area contributed by atoms with Crippen LogP contribution in [0.5, 0.6) is 0 Å². The van der Waals surface area contributed by atoms with E-state index in [0.717, 1.165) is 16.0 Å². The molecule has 0 radical (unpaired) electrons. The van der Waals surface area contributed by atoms with Crippen LogP contribution < -0.4 is 0 Å². The number of fused-ring (bicyclic) bond motifs is 1. The number of Topliss-reactive ketones (excluding diaryl/α,β-unsaturated/α-hetero) is 1. The van der Waals surface area contributed by atoms with Gasteiger partial charge in [-0.1, -0.05) is 0 Å². The maximum Gasteiger partial charge on any atom is 0.338 e. The third kappa shape index (κ3) is 2.66. The Morgan fingerprint density at radius 3 is 2.74 bits per heavy atom. The van der Waals surface area contributed by atoms with E-state index in [1.54, 1.807) is 31.6 Å². The molecule has 0 aliphatic heterocycles. The Labute approximate surface area is 137 Å². The highest BCUT2D eigenvalue weighted by molar-refractivity contribution is 7.13. The SMILES string of the molecule is CCOC(=O)c1cc2cc(-c3cncs3)cn2c(C(C)=O)c1C. The molecule has 118 valence electrons. The molecule has 0 fully saturated rings. The van der Waals surface area contributed by atoms with E-state index in [2.05, 4.69) is 4.98 Å². The van der Waals surface area contributed by atoms with E-state index in [-0.39, 0.29) is 5.78 Å². The van der Waals surface area contributed by atoms with Gasteiger partial charge in [0, 0.05) is 30.4 Å². The third-order valence-corrected chi connectivity index (χ3v) is 4.51. The van der Waals surface area contributed by atoms with Gasteiger partial charge in [0.05, 0.1) is 28.3 Å². The third-order valence-electron chi connectivity index (χ3n) is 3.69. The van der Waals surface area contributed by atoms with Crippen LogP contribution >= 0.6 is 11.3 Å². The zero-order chi connectivity index (χ0) is 16.6. The molecule has 0 saturated heterocycles. The van der Waals surface area contributed by atoms with Crippen molar-refractivity contribution in [2.75, 3.05) is 6.61 Å². The summed E-state index contributed by atoms with van der Waals surface area (Å²) < 4.78 is 6.93. The van der Waals surface area contributed by atoms with Crippen molar-refractivity contribution in [2.45, 2.75) is 20.8 Å². The van der Waals surface area contributed by atoms with Crippen molar-refractivity contribution in [2.24, 2.45) is 0 Å². The molecule has 0 atom stereocenters. The lowest BCUT2D eigenvalue weighted by Crippen LogP contribution is -2.13. The Morgan fingerprint density at radius 1 is 1.35 bits per heavy atom. The van der Waals surface area contributed by atoms with Crippen LogP contribution in [0.3, 0.4) is 0 Å². The number of carbonyl (C=O) groups excluding carboxylic acids is 2. The second-order valence-electron chi connectivity index (χ2n) is 5.20. The topological polar surface area (TPSA) is 60.7 Å². The number of nitrogens with zero attached hydrogens (tertiary/aromatic N) is 2. The van der Waals surface area contributed by atoms with Crippen LogP contribution in [-0.2, 0) is 4.74 Å². The summed E-state index contributed by atoms with van der Waals surface area (Å²) in [4.78, 5) is 29.4. The van der Waals surface area contributed by atoms with Crippen LogP contribution in [0.2, 0.25) is 0 Å². The van der Waals surface area contributed by atoms with Gasteiger partial charge in [-0.3, -0.25) is 9.78 Å². The first-order chi connectivity index (χ1) is 11.0. The fraction of sp³-hybridized carbons (Fsp3) is 0.235. The lowest BCUT2D eigenvalue weighted by atomic mass is 10.0. The van der Waals surface area contributed by atoms with E-state index < -0.39 is 5.97 Å². The summed E-state index contributed by atoms with van der Waals surface area (Å²) in [5.74, 6) is -0.499. The summed E-state index contributed by atoms with van der Waals surface area (Å²) in [5.41, 5.74) is 5.08. The highest BCUT2D eigenvalue weighted by Gasteiger charge is 2.20. The van der Waals surface area contributed by atoms with Crippen molar-refractivity contribution < 1.29 is 14.3 Å². The van der Waals surface area contributed by atoms with E-state index in [0.29, 0.717) is 23.4 Å². The van der Waals surface area contributed by atoms with E-state index in [9.17, 15) is 9.59 Å². The van der Waals surface area contributed by atoms with Crippen LogP contribution in [0.4, 0.5) is 0 Å². The minimum atomic E-state index is -0.407. The predicted molar refractivity (Wildman–Crippen MR) is 89.2 cm³/mol. The second kappa shape index (κ2) is 5.96. The highest BCUT2D eigenvalue weighted by atomic mass is 32.1. The van der Waals surface area contributed by atoms with Crippen LogP contribution in [-0.4, -0.2) is 27.7 Å². The van der Waals surface area contributed by atoms with Gasteiger partial charge in [-0.15, -0.1) is 11.3 Å². The monoisotopic (exact) mass is 328 g/mol. The molecule has 0 aliphatic rings. The number of ether oxygens (including phenoxy) is 1. The zero-order valence-electron chi connectivity index (χ0n) is 13.1. The molecule has 0 spiro atoms. The fourth-order valence-electron chi connectivity index (χ4n) is 2.70. The number of thiazole rings is 1. The molecule has 5 nitrogen and oxygen atoms in total. The Balaban J connectivity index is 2.27. The largest absolute Gasteiger partial charge is 0.462 e. The number of aromatic nitrogens is 2. The van der Waals surface area contributed by atoms with Crippen molar-refractivity contribution >= 4 is 28.6 Å². The number of carbonyl (C=O) groups is 2. The molecule has 0 unspecified atom stereocenters. The van der Waals surface area contributed by atoms with Crippen LogP contribution in [0.15, 0.2) is 30.0 Å². The van der Waals surface area contributed by atoms with Gasteiger partial charge in [0.2, 0.25) is 0 Å². The van der Waals surface area contributed by atoms with Gasteiger partial charge in [0.1, 0.15) is 0 Å². The van der Waals surface area contributed by atoms with Gasteiger partial charge in [0.15, 0.2) is 5.78 Å². The molecule has 3 heterocycles. The molecule has 3 rings (SSSR count). The summed E-state index contributed by atoms with van der Waals surface area (Å²) in [5, 5.41) is 0. The average molecular weight is 328 g/mol. The van der Waals surface area contributed by atoms with Crippen molar-refractivity contribution in [3.63, 3.8) is 0 Å². The number of esters is 1. The molecule has 6 heteroatoms. The van der Waals surface area contributed by atoms with Gasteiger partial charge >= 0.3 is 5.97 Å². The van der Waals surface area contributed by atoms with Crippen molar-refractivity contribution in [3.8, 4) is 10.4 Å². The Morgan fingerprint density at radius 2 is 2.13 bits per heavy atom. The summed E-state index contributed by atoms with van der Waals surface area (Å²) >= 11 is 1.53. The normalized spacial score (nSPS) is 10.9. The molecule has 3 aromatic rings. The molecule has 0 aliphatic carbocycles. The van der Waals surface area contributed by atoms with Crippen molar-refractivity contribution in [1.82, 2.24) is 9.38 Å². The molecule has 0 N–H and O–H groups in total. The second-order valence-corrected chi connectivity index (χ2v) is 6.08. The van der Waals surface area contributed by atoms with Crippen molar-refractivity contribution in [3.05, 3.63) is 46.9 Å². The molecule has 0 bridgehead atoms. The summed E-state index contributed by atoms with van der Waals surface area (Å²) in [6.45, 7) is 5.33. The van der Waals surface area contributed by atoms with Gasteiger partial charge in [-0.2, -0.15) is 0 Å². The molecule has 0 saturated carbocycles. The van der Waals surface area contributed by atoms with Crippen LogP contribution in [0, 0.1) is 6.92 Å². The van der Waals surface area contributed by atoms with Crippen LogP contribution in [0.25, 0.3) is 16.0 Å². The molecule has 0 aromatic carbocycles. The van der Waals surface area contributed by atoms with E-state index in [1.165, 1.54) is 18.3 Å². The lowest BCUT2D eigenvalue weighted by Gasteiger charge is -2.12. The Hall–Kier alpha value is -2.47. The van der Waals surface area contributed by atoms with E-state index in [1.807, 2.05) is 16.7 Å². The Kier molecular flexibility index (Phi) is 4.00. The van der Waals surface area contributed by atoms with Gasteiger partial charge < -0.3 is 9.14 Å². The summed E-state index contributed by atoms with van der Waals surface area (Å²) in [6, 6.07) is 3.71. The summed E-state index contributed by atoms with van der Waals surface area (Å²) in [7, 11) is 0. The molecule has 3 aromatic heterocycles. The molecular formula is C17H16N2O3S. The molecular weight excluding hydrogens is 312 g/mol. The predicted octanol–water partition coefficient (Wildman–Crippen LogP) is 3.75. The summed E-state index contributed by atoms with van der Waals surface area (Å²) in [6.07, 6.45) is 3.69. The zero-order valence-corrected chi connectivity index (χ0v) is 13.9. The minimum absolute atomic E-state index is 0.0925. The van der Waals surface area contributed by atoms with Crippen LogP contribution in [0.1, 0.15) is 40.3 Å². The minimum Gasteiger partial charge on any atom is -0.462 e.